The SMILES string of the molecule is O=C(C[n+]1cccc2cccc(F)c21)c1ccccc1. The second kappa shape index (κ2) is 5.21. The number of halogens is 1. The number of rotatable bonds is 3. The Bertz CT molecular complexity index is 763. The molecule has 0 fully saturated rings. The predicted molar refractivity (Wildman–Crippen MR) is 74.9 cm³/mol. The minimum Gasteiger partial charge on any atom is -0.287 e. The average molecular weight is 266 g/mol. The molecule has 3 heteroatoms. The molecule has 0 bridgehead atoms. The molecule has 0 saturated carbocycles. The highest BCUT2D eigenvalue weighted by atomic mass is 19.1. The molecule has 0 radical (unpaired) electrons. The molecular weight excluding hydrogens is 253 g/mol. The summed E-state index contributed by atoms with van der Waals surface area (Å²) in [5.41, 5.74) is 1.09. The summed E-state index contributed by atoms with van der Waals surface area (Å²) in [6, 6.07) is 17.6. The molecule has 0 saturated heterocycles. The zero-order chi connectivity index (χ0) is 13.9. The highest BCUT2D eigenvalue weighted by molar-refractivity contribution is 5.95. The van der Waals surface area contributed by atoms with E-state index in [2.05, 4.69) is 0 Å². The van der Waals surface area contributed by atoms with E-state index in [0.29, 0.717) is 11.1 Å². The van der Waals surface area contributed by atoms with Gasteiger partial charge in [-0.15, -0.1) is 0 Å². The van der Waals surface area contributed by atoms with Gasteiger partial charge in [0.25, 0.3) is 0 Å². The van der Waals surface area contributed by atoms with Crippen LogP contribution in [0.2, 0.25) is 0 Å². The number of hydrogen-bond donors (Lipinski definition) is 0. The van der Waals surface area contributed by atoms with Crippen molar-refractivity contribution in [2.75, 3.05) is 0 Å². The molecule has 3 aromatic rings. The van der Waals surface area contributed by atoms with Crippen LogP contribution in [-0.4, -0.2) is 5.78 Å². The van der Waals surface area contributed by atoms with Gasteiger partial charge in [-0.1, -0.05) is 36.4 Å². The summed E-state index contributed by atoms with van der Waals surface area (Å²) in [4.78, 5) is 12.2. The van der Waals surface area contributed by atoms with Gasteiger partial charge in [0.05, 0.1) is 0 Å². The predicted octanol–water partition coefficient (Wildman–Crippen LogP) is 3.15. The Morgan fingerprint density at radius 2 is 1.70 bits per heavy atom. The monoisotopic (exact) mass is 266 g/mol. The summed E-state index contributed by atoms with van der Waals surface area (Å²) in [5, 5.41) is 0.786. The lowest BCUT2D eigenvalue weighted by molar-refractivity contribution is -0.658. The molecule has 1 heterocycles. The van der Waals surface area contributed by atoms with Crippen molar-refractivity contribution in [3.05, 3.63) is 78.2 Å². The van der Waals surface area contributed by atoms with Gasteiger partial charge in [-0.25, -0.2) is 0 Å². The van der Waals surface area contributed by atoms with Gasteiger partial charge in [0.2, 0.25) is 17.8 Å². The van der Waals surface area contributed by atoms with Gasteiger partial charge in [0, 0.05) is 17.0 Å². The number of Topliss-reactive ketones (excluding diaryl/α,β-unsaturated/α-hetero) is 1. The Morgan fingerprint density at radius 1 is 0.950 bits per heavy atom. The van der Waals surface area contributed by atoms with E-state index in [-0.39, 0.29) is 18.1 Å². The molecular formula is C17H13FNO+. The Morgan fingerprint density at radius 3 is 2.50 bits per heavy atom. The van der Waals surface area contributed by atoms with Crippen LogP contribution < -0.4 is 4.57 Å². The molecule has 98 valence electrons. The molecule has 0 aliphatic rings. The first-order valence-corrected chi connectivity index (χ1v) is 6.40. The second-order valence-corrected chi connectivity index (χ2v) is 4.60. The number of hydrogen-bond acceptors (Lipinski definition) is 1. The van der Waals surface area contributed by atoms with Crippen molar-refractivity contribution >= 4 is 16.7 Å². The van der Waals surface area contributed by atoms with E-state index >= 15 is 0 Å². The van der Waals surface area contributed by atoms with E-state index in [1.165, 1.54) is 6.07 Å². The normalized spacial score (nSPS) is 10.7. The lowest BCUT2D eigenvalue weighted by Crippen LogP contribution is -2.38. The standard InChI is InChI=1S/C17H13FNO/c18-15-10-4-8-14-9-5-11-19(17(14)15)12-16(20)13-6-2-1-3-7-13/h1-11H,12H2/q+1. The largest absolute Gasteiger partial charge is 0.287 e. The molecule has 0 aliphatic heterocycles. The van der Waals surface area contributed by atoms with Gasteiger partial charge in [0.15, 0.2) is 12.0 Å². The van der Waals surface area contributed by atoms with Crippen LogP contribution >= 0.6 is 0 Å². The number of ketones is 1. The quantitative estimate of drug-likeness (QED) is 0.527. The van der Waals surface area contributed by atoms with Gasteiger partial charge in [0.1, 0.15) is 0 Å². The van der Waals surface area contributed by atoms with Crippen LogP contribution in [0.4, 0.5) is 4.39 Å². The Kier molecular flexibility index (Phi) is 3.25. The summed E-state index contributed by atoms with van der Waals surface area (Å²) in [5.74, 6) is -0.352. The maximum atomic E-state index is 14.0. The van der Waals surface area contributed by atoms with Crippen molar-refractivity contribution in [3.63, 3.8) is 0 Å². The van der Waals surface area contributed by atoms with Crippen LogP contribution in [-0.2, 0) is 6.54 Å². The van der Waals surface area contributed by atoms with E-state index in [4.69, 9.17) is 0 Å². The van der Waals surface area contributed by atoms with Crippen LogP contribution in [0.3, 0.4) is 0 Å². The second-order valence-electron chi connectivity index (χ2n) is 4.60. The third kappa shape index (κ3) is 2.30. The van der Waals surface area contributed by atoms with Crippen molar-refractivity contribution in [1.82, 2.24) is 0 Å². The van der Waals surface area contributed by atoms with E-state index in [0.717, 1.165) is 5.39 Å². The first-order chi connectivity index (χ1) is 9.75. The minimum atomic E-state index is -0.316. The van der Waals surface area contributed by atoms with E-state index in [1.807, 2.05) is 36.4 Å². The van der Waals surface area contributed by atoms with Gasteiger partial charge in [-0.3, -0.25) is 4.79 Å². The van der Waals surface area contributed by atoms with Crippen LogP contribution in [0.1, 0.15) is 10.4 Å². The highest BCUT2D eigenvalue weighted by Gasteiger charge is 2.17. The van der Waals surface area contributed by atoms with Crippen molar-refractivity contribution < 1.29 is 13.8 Å². The van der Waals surface area contributed by atoms with Gasteiger partial charge >= 0.3 is 0 Å². The molecule has 0 N–H and O–H groups in total. The maximum absolute atomic E-state index is 14.0. The van der Waals surface area contributed by atoms with Crippen molar-refractivity contribution in [3.8, 4) is 0 Å². The molecule has 3 rings (SSSR count). The molecule has 2 aromatic carbocycles. The fourth-order valence-electron chi connectivity index (χ4n) is 2.30. The number of para-hydroxylation sites is 1. The van der Waals surface area contributed by atoms with Crippen LogP contribution in [0.25, 0.3) is 10.9 Å². The van der Waals surface area contributed by atoms with Crippen molar-refractivity contribution in [2.45, 2.75) is 6.54 Å². The smallest absolute Gasteiger partial charge is 0.248 e. The molecule has 20 heavy (non-hydrogen) atoms. The Labute approximate surface area is 116 Å². The number of aromatic nitrogens is 1. The van der Waals surface area contributed by atoms with E-state index in [1.54, 1.807) is 29.0 Å². The molecule has 0 amide bonds. The number of fused-ring (bicyclic) bond motifs is 1. The van der Waals surface area contributed by atoms with Crippen LogP contribution in [0.15, 0.2) is 66.9 Å². The van der Waals surface area contributed by atoms with E-state index < -0.39 is 0 Å². The summed E-state index contributed by atoms with van der Waals surface area (Å²) < 4.78 is 15.6. The molecule has 0 spiro atoms. The van der Waals surface area contributed by atoms with Gasteiger partial charge < -0.3 is 0 Å². The number of carbonyl (C=O) groups excluding carboxylic acids is 1. The summed E-state index contributed by atoms with van der Waals surface area (Å²) in [6.45, 7) is 0.127. The topological polar surface area (TPSA) is 20.9 Å². The zero-order valence-electron chi connectivity index (χ0n) is 10.8. The molecule has 1 aromatic heterocycles. The fourth-order valence-corrected chi connectivity index (χ4v) is 2.30. The van der Waals surface area contributed by atoms with Gasteiger partial charge in [-0.2, -0.15) is 8.96 Å². The molecule has 0 unspecified atom stereocenters. The zero-order valence-corrected chi connectivity index (χ0v) is 10.8. The Balaban J connectivity index is 2.02. The molecule has 0 atom stereocenters. The first-order valence-electron chi connectivity index (χ1n) is 6.40. The number of carbonyl (C=O) groups is 1. The summed E-state index contributed by atoms with van der Waals surface area (Å²) >= 11 is 0. The fraction of sp³-hybridized carbons (Fsp3) is 0.0588. The van der Waals surface area contributed by atoms with Crippen molar-refractivity contribution in [1.29, 1.82) is 0 Å². The minimum absolute atomic E-state index is 0.0358. The maximum Gasteiger partial charge on any atom is 0.248 e. The summed E-state index contributed by atoms with van der Waals surface area (Å²) in [6.07, 6.45) is 1.73. The lowest BCUT2D eigenvalue weighted by Gasteiger charge is -2.02. The molecule has 2 nitrogen and oxygen atoms in total. The van der Waals surface area contributed by atoms with Gasteiger partial charge in [-0.05, 0) is 18.2 Å². The number of benzene rings is 2. The van der Waals surface area contributed by atoms with Crippen LogP contribution in [0.5, 0.6) is 0 Å². The lowest BCUT2D eigenvalue weighted by atomic mass is 10.1. The summed E-state index contributed by atoms with van der Waals surface area (Å²) in [7, 11) is 0. The third-order valence-corrected chi connectivity index (χ3v) is 3.26. The number of nitrogens with zero attached hydrogens (tertiary/aromatic N) is 1. The number of pyridine rings is 1. The molecule has 0 aliphatic carbocycles. The first kappa shape index (κ1) is 12.5. The third-order valence-electron chi connectivity index (χ3n) is 3.26. The van der Waals surface area contributed by atoms with E-state index in [9.17, 15) is 9.18 Å². The van der Waals surface area contributed by atoms with Crippen LogP contribution in [0, 0.1) is 5.82 Å². The average Bonchev–Trinajstić information content (AvgIpc) is 2.48. The highest BCUT2D eigenvalue weighted by Crippen LogP contribution is 2.13. The van der Waals surface area contributed by atoms with Crippen molar-refractivity contribution in [2.24, 2.45) is 0 Å². The Hall–Kier alpha value is -2.55.